The van der Waals surface area contributed by atoms with Crippen LogP contribution in [0.3, 0.4) is 0 Å². The fourth-order valence-corrected chi connectivity index (χ4v) is 3.43. The minimum absolute atomic E-state index is 0.146. The van der Waals surface area contributed by atoms with Crippen LogP contribution in [0, 0.1) is 17.8 Å². The summed E-state index contributed by atoms with van der Waals surface area (Å²) in [5.74, 6) is 3.62. The largest absolute Gasteiger partial charge is 0.394 e. The average Bonchev–Trinajstić information content (AvgIpc) is 3.03. The van der Waals surface area contributed by atoms with E-state index in [1.165, 1.54) is 25.7 Å². The fraction of sp³-hybridized carbons (Fsp3) is 0.833. The molecule has 2 saturated carbocycles. The van der Waals surface area contributed by atoms with Crippen LogP contribution in [-0.2, 0) is 6.42 Å². The van der Waals surface area contributed by atoms with Crippen LogP contribution >= 0.6 is 0 Å². The number of aliphatic hydroxyl groups is 1. The first-order chi connectivity index (χ1) is 8.26. The molecule has 1 heterocycles. The number of nitrogens with zero attached hydrogens (tertiary/aromatic N) is 2. The molecule has 1 aromatic rings. The highest BCUT2D eigenvalue weighted by Crippen LogP contribution is 2.49. The zero-order chi connectivity index (χ0) is 11.8. The van der Waals surface area contributed by atoms with E-state index < -0.39 is 6.04 Å². The van der Waals surface area contributed by atoms with Gasteiger partial charge in [-0.2, -0.15) is 4.98 Å². The third kappa shape index (κ3) is 2.09. The number of aromatic nitrogens is 2. The number of rotatable bonds is 4. The zero-order valence-electron chi connectivity index (χ0n) is 9.88. The van der Waals surface area contributed by atoms with E-state index in [1.54, 1.807) is 0 Å². The van der Waals surface area contributed by atoms with Crippen LogP contribution in [0.5, 0.6) is 0 Å². The topological polar surface area (TPSA) is 85.2 Å². The van der Waals surface area contributed by atoms with Crippen LogP contribution in [0.4, 0.5) is 0 Å². The van der Waals surface area contributed by atoms with Crippen molar-refractivity contribution < 1.29 is 9.63 Å². The van der Waals surface area contributed by atoms with Crippen molar-refractivity contribution in [2.45, 2.75) is 38.1 Å². The van der Waals surface area contributed by atoms with Crippen LogP contribution in [0.2, 0.25) is 0 Å². The van der Waals surface area contributed by atoms with Gasteiger partial charge in [0.05, 0.1) is 12.6 Å². The molecule has 2 bridgehead atoms. The minimum atomic E-state index is -0.521. The van der Waals surface area contributed by atoms with Crippen molar-refractivity contribution in [1.29, 1.82) is 0 Å². The molecule has 3 rings (SSSR count). The molecule has 4 atom stereocenters. The van der Waals surface area contributed by atoms with E-state index in [9.17, 15) is 0 Å². The molecule has 2 aliphatic carbocycles. The lowest BCUT2D eigenvalue weighted by molar-refractivity contribution is 0.258. The van der Waals surface area contributed by atoms with Gasteiger partial charge < -0.3 is 15.4 Å². The third-order valence-electron chi connectivity index (χ3n) is 4.33. The van der Waals surface area contributed by atoms with Gasteiger partial charge in [0, 0.05) is 6.42 Å². The SMILES string of the molecule is NC(CO)c1noc(CC2CC3CCC2C3)n1. The van der Waals surface area contributed by atoms with Gasteiger partial charge in [-0.05, 0) is 37.0 Å². The maximum Gasteiger partial charge on any atom is 0.226 e. The summed E-state index contributed by atoms with van der Waals surface area (Å²) in [5, 5.41) is 12.7. The van der Waals surface area contributed by atoms with Gasteiger partial charge in [0.15, 0.2) is 5.82 Å². The lowest BCUT2D eigenvalue weighted by atomic mass is 9.86. The number of aliphatic hydroxyl groups excluding tert-OH is 1. The van der Waals surface area contributed by atoms with Gasteiger partial charge in [-0.3, -0.25) is 0 Å². The summed E-state index contributed by atoms with van der Waals surface area (Å²) in [5.41, 5.74) is 5.64. The van der Waals surface area contributed by atoms with Gasteiger partial charge in [-0.1, -0.05) is 11.6 Å². The number of fused-ring (bicyclic) bond motifs is 2. The van der Waals surface area contributed by atoms with Crippen molar-refractivity contribution in [3.63, 3.8) is 0 Å². The Labute approximate surface area is 100 Å². The van der Waals surface area contributed by atoms with Crippen LogP contribution < -0.4 is 5.73 Å². The van der Waals surface area contributed by atoms with Crippen LogP contribution in [0.25, 0.3) is 0 Å². The molecule has 17 heavy (non-hydrogen) atoms. The quantitative estimate of drug-likeness (QED) is 0.817. The first kappa shape index (κ1) is 11.2. The summed E-state index contributed by atoms with van der Waals surface area (Å²) in [7, 11) is 0. The van der Waals surface area contributed by atoms with Crippen molar-refractivity contribution in [3.8, 4) is 0 Å². The van der Waals surface area contributed by atoms with E-state index in [2.05, 4.69) is 10.1 Å². The maximum atomic E-state index is 8.92. The molecule has 0 spiro atoms. The predicted molar refractivity (Wildman–Crippen MR) is 61.0 cm³/mol. The second kappa shape index (κ2) is 4.38. The van der Waals surface area contributed by atoms with Crippen molar-refractivity contribution in [1.82, 2.24) is 10.1 Å². The molecule has 5 nitrogen and oxygen atoms in total. The number of nitrogens with two attached hydrogens (primary N) is 1. The molecule has 1 aromatic heterocycles. The van der Waals surface area contributed by atoms with Crippen molar-refractivity contribution in [3.05, 3.63) is 11.7 Å². The van der Waals surface area contributed by atoms with Crippen molar-refractivity contribution in [2.24, 2.45) is 23.5 Å². The standard InChI is InChI=1S/C12H19N3O2/c13-10(6-16)12-14-11(17-15-12)5-9-4-7-1-2-8(9)3-7/h7-10,16H,1-6,13H2. The molecule has 94 valence electrons. The fourth-order valence-electron chi connectivity index (χ4n) is 3.43. The molecule has 0 aromatic carbocycles. The molecular formula is C12H19N3O2. The Kier molecular flexibility index (Phi) is 2.88. The lowest BCUT2D eigenvalue weighted by Gasteiger charge is -2.19. The summed E-state index contributed by atoms with van der Waals surface area (Å²) in [4.78, 5) is 4.27. The Balaban J connectivity index is 1.63. The molecule has 5 heteroatoms. The monoisotopic (exact) mass is 237 g/mol. The summed E-state index contributed by atoms with van der Waals surface area (Å²) < 4.78 is 5.20. The van der Waals surface area contributed by atoms with Gasteiger partial charge in [-0.25, -0.2) is 0 Å². The summed E-state index contributed by atoms with van der Waals surface area (Å²) in [6.07, 6.45) is 6.36. The number of hydrogen-bond acceptors (Lipinski definition) is 5. The zero-order valence-corrected chi connectivity index (χ0v) is 9.88. The van der Waals surface area contributed by atoms with Gasteiger partial charge in [-0.15, -0.1) is 0 Å². The second-order valence-corrected chi connectivity index (χ2v) is 5.47. The molecule has 0 saturated heterocycles. The first-order valence-corrected chi connectivity index (χ1v) is 6.45. The second-order valence-electron chi connectivity index (χ2n) is 5.47. The molecule has 3 N–H and O–H groups in total. The molecule has 4 unspecified atom stereocenters. The Morgan fingerprint density at radius 3 is 2.94 bits per heavy atom. The van der Waals surface area contributed by atoms with Gasteiger partial charge in [0.2, 0.25) is 5.89 Å². The molecule has 0 radical (unpaired) electrons. The number of hydrogen-bond donors (Lipinski definition) is 2. The highest BCUT2D eigenvalue weighted by atomic mass is 16.5. The lowest BCUT2D eigenvalue weighted by Crippen LogP contribution is -2.16. The molecule has 0 amide bonds. The van der Waals surface area contributed by atoms with E-state index in [1.807, 2.05) is 0 Å². The Morgan fingerprint density at radius 1 is 1.41 bits per heavy atom. The molecule has 2 aliphatic rings. The predicted octanol–water partition coefficient (Wildman–Crippen LogP) is 1.04. The average molecular weight is 237 g/mol. The summed E-state index contributed by atoms with van der Waals surface area (Å²) >= 11 is 0. The summed E-state index contributed by atoms with van der Waals surface area (Å²) in [6, 6.07) is -0.521. The van der Waals surface area contributed by atoms with E-state index in [-0.39, 0.29) is 6.61 Å². The normalized spacial score (nSPS) is 33.2. The Bertz CT molecular complexity index is 393. The van der Waals surface area contributed by atoms with Gasteiger partial charge in [0.1, 0.15) is 0 Å². The molecular weight excluding hydrogens is 218 g/mol. The Hall–Kier alpha value is -0.940. The highest BCUT2D eigenvalue weighted by Gasteiger charge is 2.40. The minimum Gasteiger partial charge on any atom is -0.394 e. The van der Waals surface area contributed by atoms with Gasteiger partial charge in [0.25, 0.3) is 0 Å². The van der Waals surface area contributed by atoms with Crippen LogP contribution in [0.1, 0.15) is 43.4 Å². The smallest absolute Gasteiger partial charge is 0.226 e. The third-order valence-corrected chi connectivity index (χ3v) is 4.33. The highest BCUT2D eigenvalue weighted by molar-refractivity contribution is 4.97. The van der Waals surface area contributed by atoms with E-state index in [0.717, 1.165) is 18.3 Å². The first-order valence-electron chi connectivity index (χ1n) is 6.45. The van der Waals surface area contributed by atoms with Crippen molar-refractivity contribution in [2.75, 3.05) is 6.61 Å². The van der Waals surface area contributed by atoms with E-state index in [4.69, 9.17) is 15.4 Å². The van der Waals surface area contributed by atoms with Crippen molar-refractivity contribution >= 4 is 0 Å². The Morgan fingerprint density at radius 2 is 2.29 bits per heavy atom. The van der Waals surface area contributed by atoms with E-state index >= 15 is 0 Å². The maximum absolute atomic E-state index is 8.92. The van der Waals surface area contributed by atoms with Gasteiger partial charge >= 0.3 is 0 Å². The van der Waals surface area contributed by atoms with E-state index in [0.29, 0.717) is 17.6 Å². The van der Waals surface area contributed by atoms with Crippen LogP contribution in [-0.4, -0.2) is 21.9 Å². The molecule has 2 fully saturated rings. The summed E-state index contributed by atoms with van der Waals surface area (Å²) in [6.45, 7) is -0.146. The van der Waals surface area contributed by atoms with Crippen LogP contribution in [0.15, 0.2) is 4.52 Å². The molecule has 0 aliphatic heterocycles.